The van der Waals surface area contributed by atoms with E-state index in [1.54, 1.807) is 24.3 Å². The summed E-state index contributed by atoms with van der Waals surface area (Å²) in [6, 6.07) is 9.06. The minimum Gasteiger partial charge on any atom is -0.306 e. The van der Waals surface area contributed by atoms with Crippen LogP contribution in [-0.4, -0.2) is 23.3 Å². The van der Waals surface area contributed by atoms with Crippen LogP contribution in [-0.2, 0) is 0 Å². The van der Waals surface area contributed by atoms with Crippen molar-refractivity contribution >= 4 is 52.2 Å². The Morgan fingerprint density at radius 1 is 1.12 bits per heavy atom. The molecule has 0 radical (unpaired) electrons. The summed E-state index contributed by atoms with van der Waals surface area (Å²) >= 11 is 17.5. The number of hydrogen-bond acceptors (Lipinski definition) is 2. The van der Waals surface area contributed by atoms with Crippen LogP contribution in [0.2, 0.25) is 15.1 Å². The van der Waals surface area contributed by atoms with E-state index in [9.17, 15) is 13.6 Å². The van der Waals surface area contributed by atoms with Gasteiger partial charge in [-0.3, -0.25) is 0 Å². The summed E-state index contributed by atoms with van der Waals surface area (Å²) in [6.07, 6.45) is -2.35. The van der Waals surface area contributed by atoms with E-state index in [-0.39, 0.29) is 15.7 Å². The van der Waals surface area contributed by atoms with E-state index in [2.05, 4.69) is 10.4 Å². The molecule has 0 aromatic heterocycles. The summed E-state index contributed by atoms with van der Waals surface area (Å²) in [5, 5.41) is 8.15. The molecule has 0 unspecified atom stereocenters. The summed E-state index contributed by atoms with van der Waals surface area (Å²) in [6.45, 7) is 0.328. The minimum absolute atomic E-state index is 0.0100. The van der Waals surface area contributed by atoms with Crippen molar-refractivity contribution < 1.29 is 13.6 Å². The first-order valence-electron chi connectivity index (χ1n) is 7.55. The van der Waals surface area contributed by atoms with E-state index in [4.69, 9.17) is 34.8 Å². The lowest BCUT2D eigenvalue weighted by atomic mass is 10.1. The van der Waals surface area contributed by atoms with Gasteiger partial charge in [0, 0.05) is 11.4 Å². The van der Waals surface area contributed by atoms with E-state index in [1.807, 2.05) is 0 Å². The Balaban J connectivity index is 1.79. The number of hydrogen-bond donors (Lipinski definition) is 1. The highest BCUT2D eigenvalue weighted by atomic mass is 35.5. The first kappa shape index (κ1) is 18.9. The Morgan fingerprint density at radius 3 is 2.46 bits per heavy atom. The summed E-state index contributed by atoms with van der Waals surface area (Å²) in [4.78, 5) is 12.4. The van der Waals surface area contributed by atoms with Gasteiger partial charge in [-0.15, -0.1) is 0 Å². The van der Waals surface area contributed by atoms with E-state index in [1.165, 1.54) is 17.1 Å². The molecule has 26 heavy (non-hydrogen) atoms. The van der Waals surface area contributed by atoms with Crippen molar-refractivity contribution in [3.63, 3.8) is 0 Å². The van der Waals surface area contributed by atoms with Gasteiger partial charge in [0.2, 0.25) is 0 Å². The Labute approximate surface area is 163 Å². The van der Waals surface area contributed by atoms with Crippen molar-refractivity contribution in [3.8, 4) is 0 Å². The summed E-state index contributed by atoms with van der Waals surface area (Å²) < 4.78 is 26.5. The quantitative estimate of drug-likeness (QED) is 0.631. The van der Waals surface area contributed by atoms with Crippen molar-refractivity contribution in [3.05, 3.63) is 62.6 Å². The van der Waals surface area contributed by atoms with Crippen LogP contribution in [0.25, 0.3) is 0 Å². The van der Waals surface area contributed by atoms with Gasteiger partial charge in [0.25, 0.3) is 6.43 Å². The topological polar surface area (TPSA) is 44.7 Å². The summed E-state index contributed by atoms with van der Waals surface area (Å²) in [5.74, 6) is 0. The molecule has 2 aromatic carbocycles. The van der Waals surface area contributed by atoms with Gasteiger partial charge < -0.3 is 5.32 Å². The zero-order valence-corrected chi connectivity index (χ0v) is 15.4. The van der Waals surface area contributed by atoms with Gasteiger partial charge >= 0.3 is 6.03 Å². The van der Waals surface area contributed by atoms with E-state index in [0.717, 1.165) is 5.56 Å². The number of hydrazone groups is 1. The molecule has 1 heterocycles. The lowest BCUT2D eigenvalue weighted by Gasteiger charge is -2.16. The predicted octanol–water partition coefficient (Wildman–Crippen LogP) is 6.23. The number of anilines is 1. The fourth-order valence-corrected chi connectivity index (χ4v) is 3.06. The summed E-state index contributed by atoms with van der Waals surface area (Å²) in [5.41, 5.74) is 0.927. The molecule has 9 heteroatoms. The monoisotopic (exact) mass is 417 g/mol. The molecular formula is C17H12Cl3F2N3O. The van der Waals surface area contributed by atoms with Gasteiger partial charge in [-0.2, -0.15) is 5.10 Å². The lowest BCUT2D eigenvalue weighted by molar-refractivity contribution is 0.152. The van der Waals surface area contributed by atoms with Crippen LogP contribution < -0.4 is 5.32 Å². The fourth-order valence-electron chi connectivity index (χ4n) is 2.52. The maximum absolute atomic E-state index is 13.3. The molecule has 2 amide bonds. The third kappa shape index (κ3) is 3.92. The molecule has 0 bridgehead atoms. The number of urea groups is 1. The molecule has 1 aliphatic rings. The minimum atomic E-state index is -2.89. The first-order chi connectivity index (χ1) is 12.4. The zero-order chi connectivity index (χ0) is 18.8. The molecule has 2 aromatic rings. The maximum Gasteiger partial charge on any atom is 0.342 e. The van der Waals surface area contributed by atoms with Crippen LogP contribution in [0.5, 0.6) is 0 Å². The molecule has 0 spiro atoms. The fraction of sp³-hybridized carbons (Fsp3) is 0.176. The average Bonchev–Trinajstić information content (AvgIpc) is 3.09. The number of nitrogens with zero attached hydrogens (tertiary/aromatic N) is 2. The average molecular weight is 419 g/mol. The number of rotatable bonds is 3. The Hall–Kier alpha value is -1.89. The number of halogens is 5. The van der Waals surface area contributed by atoms with E-state index in [0.29, 0.717) is 23.7 Å². The normalized spacial score (nSPS) is 13.9. The van der Waals surface area contributed by atoms with Gasteiger partial charge in [0.1, 0.15) is 0 Å². The van der Waals surface area contributed by atoms with E-state index >= 15 is 0 Å². The largest absolute Gasteiger partial charge is 0.342 e. The molecule has 136 valence electrons. The highest BCUT2D eigenvalue weighted by Gasteiger charge is 2.25. The molecule has 1 aliphatic heterocycles. The van der Waals surface area contributed by atoms with Crippen LogP contribution in [0, 0.1) is 0 Å². The molecule has 0 saturated carbocycles. The first-order valence-corrected chi connectivity index (χ1v) is 8.68. The highest BCUT2D eigenvalue weighted by Crippen LogP contribution is 2.38. The van der Waals surface area contributed by atoms with Gasteiger partial charge in [0.05, 0.1) is 33.6 Å². The molecular weight excluding hydrogens is 407 g/mol. The van der Waals surface area contributed by atoms with Crippen molar-refractivity contribution in [2.24, 2.45) is 5.10 Å². The van der Waals surface area contributed by atoms with Crippen LogP contribution in [0.15, 0.2) is 41.5 Å². The smallest absolute Gasteiger partial charge is 0.306 e. The van der Waals surface area contributed by atoms with E-state index < -0.39 is 18.0 Å². The molecule has 0 aliphatic carbocycles. The number of nitrogens with one attached hydrogen (secondary N) is 1. The van der Waals surface area contributed by atoms with Gasteiger partial charge in [-0.05, 0) is 29.8 Å². The molecule has 4 nitrogen and oxygen atoms in total. The summed E-state index contributed by atoms with van der Waals surface area (Å²) in [7, 11) is 0. The number of carbonyl (C=O) groups is 1. The second-order valence-corrected chi connectivity index (χ2v) is 6.70. The SMILES string of the molecule is O=C(Nc1ccc(Cl)c(Cl)c1C(F)F)N1CCC(c2ccc(Cl)cc2)=N1. The maximum atomic E-state index is 13.3. The third-order valence-corrected chi connectivity index (χ3v) is 4.88. The van der Waals surface area contributed by atoms with Crippen molar-refractivity contribution in [2.45, 2.75) is 12.8 Å². The third-order valence-electron chi connectivity index (χ3n) is 3.81. The van der Waals surface area contributed by atoms with Crippen molar-refractivity contribution in [1.82, 2.24) is 5.01 Å². The van der Waals surface area contributed by atoms with Gasteiger partial charge in [0.15, 0.2) is 0 Å². The molecule has 0 atom stereocenters. The standard InChI is InChI=1S/C17H12Cl3F2N3O/c18-10-3-1-9(2-4-10)12-7-8-25(24-12)17(26)23-13-6-5-11(19)15(20)14(13)16(21)22/h1-6,16H,7-8H2,(H,23,26). The van der Waals surface area contributed by atoms with Crippen molar-refractivity contribution in [1.29, 1.82) is 0 Å². The Morgan fingerprint density at radius 2 is 1.81 bits per heavy atom. The van der Waals surface area contributed by atoms with Gasteiger partial charge in [-0.1, -0.05) is 46.9 Å². The zero-order valence-electron chi connectivity index (χ0n) is 13.1. The number of amides is 2. The molecule has 1 N–H and O–H groups in total. The Kier molecular flexibility index (Phi) is 5.65. The lowest BCUT2D eigenvalue weighted by Crippen LogP contribution is -2.29. The van der Waals surface area contributed by atoms with Crippen LogP contribution >= 0.6 is 34.8 Å². The van der Waals surface area contributed by atoms with Crippen LogP contribution in [0.1, 0.15) is 24.0 Å². The number of alkyl halides is 2. The molecule has 0 fully saturated rings. The molecule has 3 rings (SSSR count). The molecule has 0 saturated heterocycles. The Bertz CT molecular complexity index is 872. The van der Waals surface area contributed by atoms with Crippen molar-refractivity contribution in [2.75, 3.05) is 11.9 Å². The highest BCUT2D eigenvalue weighted by molar-refractivity contribution is 6.42. The predicted molar refractivity (Wildman–Crippen MR) is 99.7 cm³/mol. The van der Waals surface area contributed by atoms with Crippen LogP contribution in [0.3, 0.4) is 0 Å². The van der Waals surface area contributed by atoms with Crippen LogP contribution in [0.4, 0.5) is 19.3 Å². The van der Waals surface area contributed by atoms with Gasteiger partial charge in [-0.25, -0.2) is 18.6 Å². The second-order valence-electron chi connectivity index (χ2n) is 5.48. The number of carbonyl (C=O) groups excluding carboxylic acids is 1. The second kappa shape index (κ2) is 7.78. The number of benzene rings is 2.